The predicted molar refractivity (Wildman–Crippen MR) is 66.8 cm³/mol. The molecule has 0 spiro atoms. The maximum Gasteiger partial charge on any atom is 0.225 e. The maximum atomic E-state index is 12.1. The molecular weight excluding hydrogens is 218 g/mol. The first-order chi connectivity index (χ1) is 7.73. The summed E-state index contributed by atoms with van der Waals surface area (Å²) in [6.07, 6.45) is 0.669. The molecule has 1 aliphatic rings. The van der Waals surface area contributed by atoms with Crippen molar-refractivity contribution in [3.8, 4) is 0 Å². The van der Waals surface area contributed by atoms with Gasteiger partial charge in [-0.05, 0) is 41.2 Å². The number of hydrogen-bond acceptors (Lipinski definition) is 4. The summed E-state index contributed by atoms with van der Waals surface area (Å²) in [6, 6.07) is 0. The van der Waals surface area contributed by atoms with E-state index in [4.69, 9.17) is 0 Å². The third kappa shape index (κ3) is 2.78. The SMILES string of the molecule is CNCCNC(=O)C1CC(C)(C)N(O)C1(C)C. The first-order valence-corrected chi connectivity index (χ1v) is 6.15. The van der Waals surface area contributed by atoms with Crippen molar-refractivity contribution in [2.24, 2.45) is 5.92 Å². The minimum absolute atomic E-state index is 0.0230. The molecule has 3 N–H and O–H groups in total. The van der Waals surface area contributed by atoms with Gasteiger partial charge in [-0.1, -0.05) is 0 Å². The van der Waals surface area contributed by atoms with Crippen LogP contribution in [0.3, 0.4) is 0 Å². The van der Waals surface area contributed by atoms with Gasteiger partial charge in [-0.25, -0.2) is 0 Å². The first-order valence-electron chi connectivity index (χ1n) is 6.15. The Labute approximate surface area is 104 Å². The lowest BCUT2D eigenvalue weighted by Crippen LogP contribution is -2.50. The van der Waals surface area contributed by atoms with Crippen LogP contribution in [-0.4, -0.2) is 47.4 Å². The number of hydroxylamine groups is 2. The molecule has 1 atom stereocenters. The highest BCUT2D eigenvalue weighted by Crippen LogP contribution is 2.43. The van der Waals surface area contributed by atoms with E-state index in [1.807, 2.05) is 34.7 Å². The van der Waals surface area contributed by atoms with Crippen LogP contribution >= 0.6 is 0 Å². The zero-order chi connectivity index (χ0) is 13.3. The number of carbonyl (C=O) groups excluding carboxylic acids is 1. The van der Waals surface area contributed by atoms with Gasteiger partial charge >= 0.3 is 0 Å². The minimum atomic E-state index is -0.521. The Balaban J connectivity index is 2.68. The summed E-state index contributed by atoms with van der Waals surface area (Å²) < 4.78 is 0. The summed E-state index contributed by atoms with van der Waals surface area (Å²) in [4.78, 5) is 12.1. The topological polar surface area (TPSA) is 64.6 Å². The molecule has 0 bridgehead atoms. The van der Waals surface area contributed by atoms with Gasteiger partial charge in [-0.2, -0.15) is 5.06 Å². The molecule has 0 aromatic rings. The van der Waals surface area contributed by atoms with Crippen LogP contribution in [0.5, 0.6) is 0 Å². The van der Waals surface area contributed by atoms with Crippen molar-refractivity contribution in [2.75, 3.05) is 20.1 Å². The van der Waals surface area contributed by atoms with E-state index in [0.717, 1.165) is 6.54 Å². The number of carbonyl (C=O) groups is 1. The molecule has 0 saturated carbocycles. The summed E-state index contributed by atoms with van der Waals surface area (Å²) in [5.41, 5.74) is -0.873. The third-order valence-corrected chi connectivity index (χ3v) is 3.67. The van der Waals surface area contributed by atoms with Crippen molar-refractivity contribution >= 4 is 5.91 Å². The standard InChI is InChI=1S/C12H25N3O2/c1-11(2)8-9(12(3,4)15(11)17)10(16)14-7-6-13-5/h9,13,17H,6-8H2,1-5H3,(H,14,16). The van der Waals surface area contributed by atoms with Crippen molar-refractivity contribution in [1.82, 2.24) is 15.7 Å². The highest BCUT2D eigenvalue weighted by Gasteiger charge is 2.53. The van der Waals surface area contributed by atoms with Gasteiger partial charge in [0.25, 0.3) is 0 Å². The first kappa shape index (κ1) is 14.4. The molecule has 1 rings (SSSR count). The lowest BCUT2D eigenvalue weighted by molar-refractivity contribution is -0.197. The van der Waals surface area contributed by atoms with Gasteiger partial charge in [0.2, 0.25) is 5.91 Å². The van der Waals surface area contributed by atoms with Crippen LogP contribution in [0.25, 0.3) is 0 Å². The summed E-state index contributed by atoms with van der Waals surface area (Å²) >= 11 is 0. The molecule has 1 fully saturated rings. The van der Waals surface area contributed by atoms with E-state index >= 15 is 0 Å². The monoisotopic (exact) mass is 243 g/mol. The Kier molecular flexibility index (Phi) is 4.17. The molecular formula is C12H25N3O2. The van der Waals surface area contributed by atoms with Crippen molar-refractivity contribution in [2.45, 2.75) is 45.2 Å². The van der Waals surface area contributed by atoms with Gasteiger partial charge in [-0.3, -0.25) is 4.79 Å². The van der Waals surface area contributed by atoms with E-state index in [2.05, 4.69) is 10.6 Å². The van der Waals surface area contributed by atoms with Crippen LogP contribution in [0.2, 0.25) is 0 Å². The van der Waals surface area contributed by atoms with E-state index in [1.165, 1.54) is 5.06 Å². The maximum absolute atomic E-state index is 12.1. The van der Waals surface area contributed by atoms with Crippen LogP contribution in [0.1, 0.15) is 34.1 Å². The second-order valence-electron chi connectivity index (χ2n) is 5.93. The Morgan fingerprint density at radius 3 is 2.35 bits per heavy atom. The molecule has 0 aromatic carbocycles. The quantitative estimate of drug-likeness (QED) is 0.632. The average molecular weight is 243 g/mol. The largest absolute Gasteiger partial charge is 0.355 e. The van der Waals surface area contributed by atoms with Crippen molar-refractivity contribution in [3.05, 3.63) is 0 Å². The van der Waals surface area contributed by atoms with E-state index in [1.54, 1.807) is 0 Å². The molecule has 100 valence electrons. The second-order valence-corrected chi connectivity index (χ2v) is 5.93. The van der Waals surface area contributed by atoms with Gasteiger partial charge < -0.3 is 15.8 Å². The van der Waals surface area contributed by atoms with Crippen LogP contribution in [-0.2, 0) is 4.79 Å². The lowest BCUT2D eigenvalue weighted by Gasteiger charge is -2.35. The molecule has 5 heteroatoms. The van der Waals surface area contributed by atoms with Crippen LogP contribution in [0.15, 0.2) is 0 Å². The third-order valence-electron chi connectivity index (χ3n) is 3.67. The summed E-state index contributed by atoms with van der Waals surface area (Å²) in [7, 11) is 1.85. The van der Waals surface area contributed by atoms with Crippen LogP contribution < -0.4 is 10.6 Å². The highest BCUT2D eigenvalue weighted by atomic mass is 16.5. The summed E-state index contributed by atoms with van der Waals surface area (Å²) in [5, 5.41) is 17.3. The normalized spacial score (nSPS) is 27.1. The van der Waals surface area contributed by atoms with E-state index in [9.17, 15) is 10.0 Å². The average Bonchev–Trinajstić information content (AvgIpc) is 2.39. The van der Waals surface area contributed by atoms with Gasteiger partial charge in [-0.15, -0.1) is 0 Å². The van der Waals surface area contributed by atoms with Gasteiger partial charge in [0, 0.05) is 18.6 Å². The molecule has 17 heavy (non-hydrogen) atoms. The molecule has 0 aliphatic carbocycles. The Hall–Kier alpha value is -0.650. The van der Waals surface area contributed by atoms with E-state index in [-0.39, 0.29) is 17.4 Å². The Morgan fingerprint density at radius 1 is 1.35 bits per heavy atom. The van der Waals surface area contributed by atoms with Crippen molar-refractivity contribution < 1.29 is 10.0 Å². The van der Waals surface area contributed by atoms with Crippen LogP contribution in [0.4, 0.5) is 0 Å². The zero-order valence-electron chi connectivity index (χ0n) is 11.5. The van der Waals surface area contributed by atoms with Crippen molar-refractivity contribution in [1.29, 1.82) is 0 Å². The lowest BCUT2D eigenvalue weighted by atomic mass is 9.86. The number of nitrogens with one attached hydrogen (secondary N) is 2. The number of amides is 1. The van der Waals surface area contributed by atoms with E-state index < -0.39 is 5.54 Å². The zero-order valence-corrected chi connectivity index (χ0v) is 11.5. The number of hydrogen-bond donors (Lipinski definition) is 3. The minimum Gasteiger partial charge on any atom is -0.355 e. The Bertz CT molecular complexity index is 289. The highest BCUT2D eigenvalue weighted by molar-refractivity contribution is 5.80. The molecule has 1 amide bonds. The smallest absolute Gasteiger partial charge is 0.225 e. The fraction of sp³-hybridized carbons (Fsp3) is 0.917. The number of likely N-dealkylation sites (N-methyl/N-ethyl adjacent to an activating group) is 1. The van der Waals surface area contributed by atoms with E-state index in [0.29, 0.717) is 13.0 Å². The number of nitrogens with zero attached hydrogens (tertiary/aromatic N) is 1. The molecule has 5 nitrogen and oxygen atoms in total. The molecule has 1 unspecified atom stereocenters. The second kappa shape index (κ2) is 4.92. The van der Waals surface area contributed by atoms with Crippen molar-refractivity contribution in [3.63, 3.8) is 0 Å². The fourth-order valence-electron chi connectivity index (χ4n) is 2.61. The van der Waals surface area contributed by atoms with Crippen LogP contribution in [0, 0.1) is 5.92 Å². The Morgan fingerprint density at radius 2 is 1.94 bits per heavy atom. The van der Waals surface area contributed by atoms with Gasteiger partial charge in [0.1, 0.15) is 0 Å². The predicted octanol–water partition coefficient (Wildman–Crippen LogP) is 0.590. The van der Waals surface area contributed by atoms with Gasteiger partial charge in [0.15, 0.2) is 0 Å². The number of rotatable bonds is 4. The molecule has 1 aliphatic heterocycles. The molecule has 1 heterocycles. The molecule has 0 aromatic heterocycles. The van der Waals surface area contributed by atoms with Gasteiger partial charge in [0.05, 0.1) is 11.5 Å². The summed E-state index contributed by atoms with van der Waals surface area (Å²) in [6.45, 7) is 9.10. The molecule has 0 radical (unpaired) electrons. The summed E-state index contributed by atoms with van der Waals surface area (Å²) in [5.74, 6) is -0.158. The fourth-order valence-corrected chi connectivity index (χ4v) is 2.61. The molecule has 1 saturated heterocycles.